The van der Waals surface area contributed by atoms with E-state index < -0.39 is 0 Å². The van der Waals surface area contributed by atoms with E-state index in [1.54, 1.807) is 0 Å². The standard InChI is InChI=1S/C21H19N/c22-21-14-20(21)19-12-10-18(11-13-19)17-8-6-16(7-9-17)15-4-2-1-3-5-15/h1-13,20-21H,14,22H2/t20-,21?/m1/s1. The third kappa shape index (κ3) is 2.56. The molecule has 0 radical (unpaired) electrons. The Morgan fingerprint density at radius 1 is 0.591 bits per heavy atom. The Hall–Kier alpha value is -2.38. The van der Waals surface area contributed by atoms with Crippen LogP contribution in [0.3, 0.4) is 0 Å². The van der Waals surface area contributed by atoms with Crippen molar-refractivity contribution in [2.24, 2.45) is 5.73 Å². The fraction of sp³-hybridized carbons (Fsp3) is 0.143. The molecule has 3 aromatic rings. The highest BCUT2D eigenvalue weighted by Gasteiger charge is 2.34. The van der Waals surface area contributed by atoms with Crippen LogP contribution in [0.5, 0.6) is 0 Å². The first-order chi connectivity index (χ1) is 10.8. The van der Waals surface area contributed by atoms with Crippen LogP contribution in [0.25, 0.3) is 22.3 Å². The van der Waals surface area contributed by atoms with Crippen LogP contribution in [-0.4, -0.2) is 6.04 Å². The molecule has 108 valence electrons. The Balaban J connectivity index is 1.58. The monoisotopic (exact) mass is 285 g/mol. The molecule has 0 spiro atoms. The van der Waals surface area contributed by atoms with Crippen molar-refractivity contribution in [2.75, 3.05) is 0 Å². The smallest absolute Gasteiger partial charge is 0.0115 e. The molecular formula is C21H19N. The van der Waals surface area contributed by atoms with Crippen LogP contribution in [-0.2, 0) is 0 Å². The van der Waals surface area contributed by atoms with Gasteiger partial charge in [0.2, 0.25) is 0 Å². The van der Waals surface area contributed by atoms with Gasteiger partial charge in [0, 0.05) is 12.0 Å². The van der Waals surface area contributed by atoms with Crippen molar-refractivity contribution in [1.29, 1.82) is 0 Å². The van der Waals surface area contributed by atoms with E-state index in [4.69, 9.17) is 5.73 Å². The molecule has 2 atom stereocenters. The molecule has 1 saturated carbocycles. The van der Waals surface area contributed by atoms with Crippen molar-refractivity contribution in [3.05, 3.63) is 84.4 Å². The lowest BCUT2D eigenvalue weighted by Crippen LogP contribution is -2.00. The van der Waals surface area contributed by atoms with Gasteiger partial charge in [-0.2, -0.15) is 0 Å². The maximum atomic E-state index is 5.92. The second-order valence-electron chi connectivity index (χ2n) is 6.07. The fourth-order valence-corrected chi connectivity index (χ4v) is 3.01. The molecule has 0 bridgehead atoms. The maximum absolute atomic E-state index is 5.92. The molecule has 1 fully saturated rings. The minimum absolute atomic E-state index is 0.371. The second-order valence-corrected chi connectivity index (χ2v) is 6.07. The summed E-state index contributed by atoms with van der Waals surface area (Å²) in [5.41, 5.74) is 12.3. The van der Waals surface area contributed by atoms with Crippen LogP contribution in [0.4, 0.5) is 0 Å². The van der Waals surface area contributed by atoms with E-state index in [1.165, 1.54) is 27.8 Å². The minimum Gasteiger partial charge on any atom is -0.327 e. The summed E-state index contributed by atoms with van der Waals surface area (Å²) >= 11 is 0. The highest BCUT2D eigenvalue weighted by molar-refractivity contribution is 5.70. The van der Waals surface area contributed by atoms with Gasteiger partial charge in [-0.3, -0.25) is 0 Å². The van der Waals surface area contributed by atoms with Crippen LogP contribution in [0.1, 0.15) is 17.9 Å². The molecule has 0 saturated heterocycles. The summed E-state index contributed by atoms with van der Waals surface area (Å²) in [4.78, 5) is 0. The summed E-state index contributed by atoms with van der Waals surface area (Å²) in [7, 11) is 0. The van der Waals surface area contributed by atoms with E-state index >= 15 is 0 Å². The first kappa shape index (κ1) is 13.3. The summed E-state index contributed by atoms with van der Waals surface area (Å²) in [5.74, 6) is 0.578. The first-order valence-corrected chi connectivity index (χ1v) is 7.83. The third-order valence-electron chi connectivity index (χ3n) is 4.50. The zero-order valence-electron chi connectivity index (χ0n) is 12.4. The summed E-state index contributed by atoms with van der Waals surface area (Å²) in [5, 5.41) is 0. The van der Waals surface area contributed by atoms with Crippen LogP contribution in [0, 0.1) is 0 Å². The van der Waals surface area contributed by atoms with Crippen molar-refractivity contribution >= 4 is 0 Å². The van der Waals surface area contributed by atoms with E-state index in [-0.39, 0.29) is 0 Å². The molecule has 0 aliphatic heterocycles. The first-order valence-electron chi connectivity index (χ1n) is 7.83. The van der Waals surface area contributed by atoms with Crippen molar-refractivity contribution in [3.63, 3.8) is 0 Å². The van der Waals surface area contributed by atoms with Crippen LogP contribution in [0.2, 0.25) is 0 Å². The van der Waals surface area contributed by atoms with Crippen molar-refractivity contribution in [1.82, 2.24) is 0 Å². The molecule has 0 amide bonds. The van der Waals surface area contributed by atoms with Gasteiger partial charge in [0.1, 0.15) is 0 Å². The number of hydrogen-bond donors (Lipinski definition) is 1. The van der Waals surface area contributed by atoms with Crippen LogP contribution >= 0.6 is 0 Å². The minimum atomic E-state index is 0.371. The van der Waals surface area contributed by atoms with Gasteiger partial charge in [-0.25, -0.2) is 0 Å². The Morgan fingerprint density at radius 2 is 1.00 bits per heavy atom. The molecular weight excluding hydrogens is 266 g/mol. The maximum Gasteiger partial charge on any atom is 0.0115 e. The zero-order valence-corrected chi connectivity index (χ0v) is 12.4. The summed E-state index contributed by atoms with van der Waals surface area (Å²) < 4.78 is 0. The SMILES string of the molecule is NC1C[C@@H]1c1ccc(-c2ccc(-c3ccccc3)cc2)cc1. The molecule has 1 aliphatic carbocycles. The molecule has 4 rings (SSSR count). The lowest BCUT2D eigenvalue weighted by molar-refractivity contribution is 0.991. The molecule has 3 aromatic carbocycles. The number of rotatable bonds is 3. The highest BCUT2D eigenvalue weighted by atomic mass is 14.7. The van der Waals surface area contributed by atoms with E-state index in [1.807, 2.05) is 6.07 Å². The quantitative estimate of drug-likeness (QED) is 0.732. The van der Waals surface area contributed by atoms with Gasteiger partial charge in [-0.1, -0.05) is 78.9 Å². The van der Waals surface area contributed by atoms with Gasteiger partial charge in [-0.05, 0) is 34.2 Å². The Morgan fingerprint density at radius 3 is 1.45 bits per heavy atom. The van der Waals surface area contributed by atoms with Crippen molar-refractivity contribution in [3.8, 4) is 22.3 Å². The van der Waals surface area contributed by atoms with E-state index in [2.05, 4.69) is 72.8 Å². The van der Waals surface area contributed by atoms with E-state index in [9.17, 15) is 0 Å². The van der Waals surface area contributed by atoms with Gasteiger partial charge < -0.3 is 5.73 Å². The molecule has 2 N–H and O–H groups in total. The number of benzene rings is 3. The molecule has 1 nitrogen and oxygen atoms in total. The van der Waals surface area contributed by atoms with Crippen LogP contribution in [0.15, 0.2) is 78.9 Å². The normalized spacial score (nSPS) is 19.9. The zero-order chi connectivity index (χ0) is 14.9. The third-order valence-corrected chi connectivity index (χ3v) is 4.50. The molecule has 1 heteroatoms. The predicted molar refractivity (Wildman–Crippen MR) is 92.6 cm³/mol. The van der Waals surface area contributed by atoms with Gasteiger partial charge in [0.15, 0.2) is 0 Å². The van der Waals surface area contributed by atoms with Gasteiger partial charge >= 0.3 is 0 Å². The predicted octanol–water partition coefficient (Wildman–Crippen LogP) is 4.84. The molecule has 0 aromatic heterocycles. The summed E-state index contributed by atoms with van der Waals surface area (Å²) in [6, 6.07) is 28.5. The van der Waals surface area contributed by atoms with Crippen molar-refractivity contribution < 1.29 is 0 Å². The van der Waals surface area contributed by atoms with Crippen molar-refractivity contribution in [2.45, 2.75) is 18.4 Å². The second kappa shape index (κ2) is 5.43. The lowest BCUT2D eigenvalue weighted by Gasteiger charge is -2.06. The van der Waals surface area contributed by atoms with Gasteiger partial charge in [-0.15, -0.1) is 0 Å². The molecule has 22 heavy (non-hydrogen) atoms. The number of nitrogens with two attached hydrogens (primary N) is 1. The van der Waals surface area contributed by atoms with Gasteiger partial charge in [0.05, 0.1) is 0 Å². The van der Waals surface area contributed by atoms with E-state index in [0.29, 0.717) is 12.0 Å². The Bertz CT molecular complexity index is 757. The van der Waals surface area contributed by atoms with E-state index in [0.717, 1.165) is 6.42 Å². The number of hydrogen-bond acceptors (Lipinski definition) is 1. The largest absolute Gasteiger partial charge is 0.327 e. The molecule has 1 unspecified atom stereocenters. The fourth-order valence-electron chi connectivity index (χ4n) is 3.01. The average molecular weight is 285 g/mol. The molecule has 0 heterocycles. The average Bonchev–Trinajstić information content (AvgIpc) is 3.33. The summed E-state index contributed by atoms with van der Waals surface area (Å²) in [6.45, 7) is 0. The Kier molecular flexibility index (Phi) is 3.28. The lowest BCUT2D eigenvalue weighted by atomic mass is 9.99. The summed E-state index contributed by atoms with van der Waals surface area (Å²) in [6.07, 6.45) is 1.13. The van der Waals surface area contributed by atoms with Gasteiger partial charge in [0.25, 0.3) is 0 Å². The molecule has 1 aliphatic rings. The topological polar surface area (TPSA) is 26.0 Å². The highest BCUT2D eigenvalue weighted by Crippen LogP contribution is 2.39. The Labute approximate surface area is 131 Å². The van der Waals surface area contributed by atoms with Crippen LogP contribution < -0.4 is 5.73 Å².